The van der Waals surface area contributed by atoms with Crippen LogP contribution in [-0.2, 0) is 20.8 Å². The summed E-state index contributed by atoms with van der Waals surface area (Å²) in [5.41, 5.74) is 2.70. The van der Waals surface area contributed by atoms with Gasteiger partial charge in [-0.3, -0.25) is 14.4 Å². The fourth-order valence-corrected chi connectivity index (χ4v) is 7.24. The summed E-state index contributed by atoms with van der Waals surface area (Å²) < 4.78 is 0. The second kappa shape index (κ2) is 10.5. The summed E-state index contributed by atoms with van der Waals surface area (Å²) >= 11 is 0. The van der Waals surface area contributed by atoms with Gasteiger partial charge in [0.2, 0.25) is 5.91 Å². The third kappa shape index (κ3) is 4.49. The maximum absolute atomic E-state index is 14.2. The summed E-state index contributed by atoms with van der Waals surface area (Å²) in [6.07, 6.45) is 11.9. The molecule has 1 aromatic carbocycles. The van der Waals surface area contributed by atoms with Crippen LogP contribution in [0.25, 0.3) is 10.9 Å². The highest BCUT2D eigenvalue weighted by molar-refractivity contribution is 6.10. The third-order valence-corrected chi connectivity index (χ3v) is 8.98. The Morgan fingerprint density at radius 2 is 1.87 bits per heavy atom. The van der Waals surface area contributed by atoms with E-state index in [4.69, 9.17) is 0 Å². The Kier molecular flexibility index (Phi) is 7.28. The zero-order chi connectivity index (χ0) is 27.0. The highest BCUT2D eigenvalue weighted by Gasteiger charge is 2.65. The van der Waals surface area contributed by atoms with Crippen LogP contribution in [0.15, 0.2) is 65.9 Å². The van der Waals surface area contributed by atoms with Crippen LogP contribution in [0, 0.1) is 29.1 Å². The molecule has 2 heterocycles. The summed E-state index contributed by atoms with van der Waals surface area (Å²) in [5, 5.41) is 14.6. The molecule has 6 heteroatoms. The average Bonchev–Trinajstić information content (AvgIpc) is 3.42. The number of aliphatic hydroxyl groups is 1. The van der Waals surface area contributed by atoms with Gasteiger partial charge >= 0.3 is 0 Å². The van der Waals surface area contributed by atoms with Gasteiger partial charge in [-0.25, -0.2) is 0 Å². The highest BCUT2D eigenvalue weighted by atomic mass is 16.3. The Balaban J connectivity index is 1.59. The van der Waals surface area contributed by atoms with Crippen LogP contribution >= 0.6 is 0 Å². The van der Waals surface area contributed by atoms with Crippen molar-refractivity contribution in [1.29, 1.82) is 0 Å². The van der Waals surface area contributed by atoms with E-state index in [0.29, 0.717) is 12.8 Å². The first-order chi connectivity index (χ1) is 18.2. The van der Waals surface area contributed by atoms with Gasteiger partial charge in [-0.05, 0) is 48.8 Å². The molecule has 1 aromatic heterocycles. The molecule has 200 valence electrons. The van der Waals surface area contributed by atoms with Gasteiger partial charge in [0.1, 0.15) is 17.0 Å². The van der Waals surface area contributed by atoms with E-state index >= 15 is 0 Å². The Morgan fingerprint density at radius 1 is 1.08 bits per heavy atom. The van der Waals surface area contributed by atoms with Gasteiger partial charge < -0.3 is 15.4 Å². The van der Waals surface area contributed by atoms with Crippen LogP contribution in [0.4, 0.5) is 0 Å². The number of para-hydroxylation sites is 1. The number of aromatic amines is 1. The van der Waals surface area contributed by atoms with Crippen molar-refractivity contribution in [3.05, 3.63) is 71.5 Å². The summed E-state index contributed by atoms with van der Waals surface area (Å²) in [6.45, 7) is 5.98. The molecular formula is C32H38N2O4. The number of nitrogens with one attached hydrogen (secondary N) is 2. The number of carbonyl (C=O) groups excluding carboxylic acids is 3. The van der Waals surface area contributed by atoms with E-state index < -0.39 is 11.3 Å². The minimum atomic E-state index is -1.30. The predicted molar refractivity (Wildman–Crippen MR) is 148 cm³/mol. The molecule has 0 saturated carbocycles. The number of amides is 1. The van der Waals surface area contributed by atoms with Gasteiger partial charge in [-0.1, -0.05) is 61.9 Å². The Hall–Kier alpha value is -3.25. The summed E-state index contributed by atoms with van der Waals surface area (Å²) in [6, 6.07) is 7.80. The predicted octanol–water partition coefficient (Wildman–Crippen LogP) is 4.85. The van der Waals surface area contributed by atoms with E-state index in [1.54, 1.807) is 0 Å². The van der Waals surface area contributed by atoms with Gasteiger partial charge in [0, 0.05) is 54.2 Å². The number of allylic oxidation sites excluding steroid dienone is 5. The van der Waals surface area contributed by atoms with Crippen molar-refractivity contribution in [2.75, 3.05) is 6.61 Å². The first-order valence-corrected chi connectivity index (χ1v) is 13.8. The lowest BCUT2D eigenvalue weighted by Gasteiger charge is -2.45. The first-order valence-electron chi connectivity index (χ1n) is 13.8. The number of ketones is 2. The van der Waals surface area contributed by atoms with Gasteiger partial charge in [-0.15, -0.1) is 0 Å². The van der Waals surface area contributed by atoms with Crippen LogP contribution < -0.4 is 5.32 Å². The lowest BCUT2D eigenvalue weighted by Crippen LogP contribution is -2.52. The van der Waals surface area contributed by atoms with Crippen molar-refractivity contribution < 1.29 is 19.5 Å². The second-order valence-electron chi connectivity index (χ2n) is 11.5. The zero-order valence-electron chi connectivity index (χ0n) is 22.5. The van der Waals surface area contributed by atoms with E-state index in [1.807, 2.05) is 50.4 Å². The fourth-order valence-electron chi connectivity index (χ4n) is 7.24. The number of carbonyl (C=O) groups is 3. The number of hydrogen-bond acceptors (Lipinski definition) is 4. The van der Waals surface area contributed by atoms with Crippen molar-refractivity contribution in [1.82, 2.24) is 10.3 Å². The zero-order valence-corrected chi connectivity index (χ0v) is 22.5. The number of rotatable bonds is 3. The van der Waals surface area contributed by atoms with Crippen LogP contribution in [0.1, 0.15) is 52.0 Å². The van der Waals surface area contributed by atoms with E-state index in [2.05, 4.69) is 35.4 Å². The van der Waals surface area contributed by atoms with E-state index in [9.17, 15) is 19.5 Å². The second-order valence-corrected chi connectivity index (χ2v) is 11.5. The molecule has 3 aliphatic rings. The Bertz CT molecular complexity index is 1350. The number of H-pyrrole nitrogens is 1. The summed E-state index contributed by atoms with van der Waals surface area (Å²) in [7, 11) is 0. The van der Waals surface area contributed by atoms with E-state index in [-0.39, 0.29) is 60.7 Å². The number of hydrogen-bond donors (Lipinski definition) is 3. The minimum Gasteiger partial charge on any atom is -0.392 e. The maximum Gasteiger partial charge on any atom is 0.235 e. The number of fused-ring (bicyclic) bond motifs is 1. The van der Waals surface area contributed by atoms with Gasteiger partial charge in [0.25, 0.3) is 0 Å². The molecular weight excluding hydrogens is 476 g/mol. The monoisotopic (exact) mass is 514 g/mol. The molecule has 2 aromatic rings. The van der Waals surface area contributed by atoms with E-state index in [1.165, 1.54) is 0 Å². The molecule has 5 rings (SSSR count). The number of aliphatic hydroxyl groups excluding tert-OH is 1. The highest BCUT2D eigenvalue weighted by Crippen LogP contribution is 2.55. The molecule has 0 unspecified atom stereocenters. The summed E-state index contributed by atoms with van der Waals surface area (Å²) in [5.74, 6) is -1.14. The first kappa shape index (κ1) is 26.4. The van der Waals surface area contributed by atoms with Crippen molar-refractivity contribution in [3.63, 3.8) is 0 Å². The molecule has 2 aliphatic carbocycles. The third-order valence-electron chi connectivity index (χ3n) is 8.98. The molecule has 6 nitrogen and oxygen atoms in total. The molecule has 1 aliphatic heterocycles. The standard InChI is InChI=1S/C32H38N2O4/c1-19-7-6-8-24-15-23(18-35)21(3)30-28(16-22-17-33-27-10-5-4-9-26(22)27)34-31(38)32(24,30)29(37)12-11-25(36)14-20(2)13-19/h4-6,8-10,13,15,17,19,21,24,28,30,33,35H,7,11-12,14,16,18H2,1-3H3,(H,34,38)/b8-6-,20-13-/t19-,21+,24-,28-,30-,32+/m0/s1. The molecule has 0 bridgehead atoms. The van der Waals surface area contributed by atoms with Crippen LogP contribution in [-0.4, -0.2) is 40.2 Å². The molecule has 1 saturated heterocycles. The maximum atomic E-state index is 14.2. The van der Waals surface area contributed by atoms with Crippen molar-refractivity contribution in [2.24, 2.45) is 29.1 Å². The molecule has 1 fully saturated rings. The topological polar surface area (TPSA) is 99.3 Å². The number of aromatic nitrogens is 1. The smallest absolute Gasteiger partial charge is 0.235 e. The Labute approximate surface area is 224 Å². The molecule has 6 atom stereocenters. The molecule has 3 N–H and O–H groups in total. The number of Topliss-reactive ketones (excluding diaryl/α,β-unsaturated/α-hetero) is 2. The van der Waals surface area contributed by atoms with Crippen LogP contribution in [0.3, 0.4) is 0 Å². The van der Waals surface area contributed by atoms with Crippen molar-refractivity contribution in [2.45, 2.75) is 58.9 Å². The fraction of sp³-hybridized carbons (Fsp3) is 0.469. The molecule has 38 heavy (non-hydrogen) atoms. The Morgan fingerprint density at radius 3 is 2.66 bits per heavy atom. The normalized spacial score (nSPS) is 34.6. The SMILES string of the molecule is C/C1=C/[C@@H](C)C/C=C\[C@H]2C=C(CO)[C@@H](C)[C@H]3[C@H](Cc4c[nH]c5ccccc45)NC(=O)[C@]32C(=O)CCC(=O)C1. The quantitative estimate of drug-likeness (QED) is 0.403. The molecule has 1 amide bonds. The average molecular weight is 515 g/mol. The molecule has 0 radical (unpaired) electrons. The van der Waals surface area contributed by atoms with Crippen molar-refractivity contribution >= 4 is 28.4 Å². The van der Waals surface area contributed by atoms with Crippen LogP contribution in [0.2, 0.25) is 0 Å². The number of benzene rings is 1. The van der Waals surface area contributed by atoms with Gasteiger partial charge in [-0.2, -0.15) is 0 Å². The minimum absolute atomic E-state index is 0.0280. The van der Waals surface area contributed by atoms with Crippen LogP contribution in [0.5, 0.6) is 0 Å². The molecule has 1 spiro atoms. The lowest BCUT2D eigenvalue weighted by atomic mass is 9.54. The van der Waals surface area contributed by atoms with Gasteiger partial charge in [0.05, 0.1) is 6.61 Å². The lowest BCUT2D eigenvalue weighted by molar-refractivity contribution is -0.146. The van der Waals surface area contributed by atoms with Gasteiger partial charge in [0.15, 0.2) is 0 Å². The van der Waals surface area contributed by atoms with Crippen molar-refractivity contribution in [3.8, 4) is 0 Å². The van der Waals surface area contributed by atoms with E-state index in [0.717, 1.165) is 34.0 Å². The summed E-state index contributed by atoms with van der Waals surface area (Å²) in [4.78, 5) is 44.3. The largest absolute Gasteiger partial charge is 0.392 e.